The zero-order valence-electron chi connectivity index (χ0n) is 12.3. The quantitative estimate of drug-likeness (QED) is 0.772. The summed E-state index contributed by atoms with van der Waals surface area (Å²) in [4.78, 5) is 12.2. The Morgan fingerprint density at radius 2 is 2.19 bits per heavy atom. The highest BCUT2D eigenvalue weighted by Gasteiger charge is 2.30. The van der Waals surface area contributed by atoms with E-state index in [-0.39, 0.29) is 11.3 Å². The van der Waals surface area contributed by atoms with Gasteiger partial charge in [0.1, 0.15) is 10.6 Å². The molecule has 6 nitrogen and oxygen atoms in total. The predicted molar refractivity (Wildman–Crippen MR) is 83.7 cm³/mol. The topological polar surface area (TPSA) is 89.3 Å². The molecule has 0 bridgehead atoms. The highest BCUT2D eigenvalue weighted by molar-refractivity contribution is 7.11. The number of carbonyl (C=O) groups is 1. The maximum absolute atomic E-state index is 12.2. The number of nitrogens with two attached hydrogens (primary N) is 1. The van der Waals surface area contributed by atoms with Crippen LogP contribution in [0.4, 0.5) is 10.8 Å². The van der Waals surface area contributed by atoms with Gasteiger partial charge in [0.25, 0.3) is 5.91 Å². The number of nitrogen functional groups attached to an aromatic ring is 1. The Labute approximate surface area is 128 Å². The first-order chi connectivity index (χ1) is 10.1. The highest BCUT2D eigenvalue weighted by Crippen LogP contribution is 2.33. The molecular weight excluding hydrogens is 288 g/mol. The number of aromatic nitrogens is 1. The smallest absolute Gasteiger partial charge is 0.258 e. The van der Waals surface area contributed by atoms with Gasteiger partial charge in [-0.3, -0.25) is 4.79 Å². The standard InChI is InChI=1S/C14H22N4O2S/c1-14(4-6-20-7-5-14)8-16-13-10(11(15)18-21-13)12(19)17-9-2-3-9/h9,16H,2-8H2,1H3,(H2,15,18)(H,17,19). The highest BCUT2D eigenvalue weighted by atomic mass is 32.1. The molecule has 3 rings (SSSR count). The van der Waals surface area contributed by atoms with Crippen LogP contribution in [-0.2, 0) is 4.74 Å². The number of hydrogen-bond acceptors (Lipinski definition) is 6. The van der Waals surface area contributed by atoms with Crippen molar-refractivity contribution in [2.75, 3.05) is 30.8 Å². The molecule has 2 fully saturated rings. The van der Waals surface area contributed by atoms with Crippen LogP contribution in [0.5, 0.6) is 0 Å². The van der Waals surface area contributed by atoms with E-state index in [0.717, 1.165) is 50.4 Å². The minimum atomic E-state index is -0.108. The van der Waals surface area contributed by atoms with Gasteiger partial charge in [-0.1, -0.05) is 6.92 Å². The van der Waals surface area contributed by atoms with Gasteiger partial charge in [-0.05, 0) is 42.6 Å². The minimum Gasteiger partial charge on any atom is -0.382 e. The van der Waals surface area contributed by atoms with Crippen molar-refractivity contribution in [2.45, 2.75) is 38.6 Å². The largest absolute Gasteiger partial charge is 0.382 e. The lowest BCUT2D eigenvalue weighted by atomic mass is 9.82. The maximum atomic E-state index is 12.2. The summed E-state index contributed by atoms with van der Waals surface area (Å²) in [6, 6.07) is 0.317. The van der Waals surface area contributed by atoms with Crippen LogP contribution in [0.3, 0.4) is 0 Å². The van der Waals surface area contributed by atoms with Gasteiger partial charge >= 0.3 is 0 Å². The van der Waals surface area contributed by atoms with Gasteiger partial charge in [0.05, 0.1) is 0 Å². The van der Waals surface area contributed by atoms with Gasteiger partial charge in [-0.25, -0.2) is 0 Å². The summed E-state index contributed by atoms with van der Waals surface area (Å²) in [5.74, 6) is 0.209. The van der Waals surface area contributed by atoms with Gasteiger partial charge < -0.3 is 21.1 Å². The van der Waals surface area contributed by atoms with Crippen molar-refractivity contribution in [2.24, 2.45) is 5.41 Å². The normalized spacial score (nSPS) is 21.0. The zero-order chi connectivity index (χ0) is 14.9. The fraction of sp³-hybridized carbons (Fsp3) is 0.714. The molecule has 1 aromatic rings. The Kier molecular flexibility index (Phi) is 4.03. The van der Waals surface area contributed by atoms with Crippen LogP contribution in [0.15, 0.2) is 0 Å². The van der Waals surface area contributed by atoms with Crippen molar-refractivity contribution >= 4 is 28.3 Å². The number of amides is 1. The molecular formula is C14H22N4O2S. The number of hydrogen-bond donors (Lipinski definition) is 3. The number of nitrogens with zero attached hydrogens (tertiary/aromatic N) is 1. The van der Waals surface area contributed by atoms with Gasteiger partial charge in [0.2, 0.25) is 0 Å². The molecule has 4 N–H and O–H groups in total. The molecule has 1 amide bonds. The Morgan fingerprint density at radius 3 is 2.86 bits per heavy atom. The van der Waals surface area contributed by atoms with Crippen molar-refractivity contribution in [3.63, 3.8) is 0 Å². The van der Waals surface area contributed by atoms with Crippen LogP contribution in [0, 0.1) is 5.41 Å². The van der Waals surface area contributed by atoms with E-state index < -0.39 is 0 Å². The maximum Gasteiger partial charge on any atom is 0.258 e. The van der Waals surface area contributed by atoms with Crippen molar-refractivity contribution in [3.05, 3.63) is 5.56 Å². The molecule has 1 aliphatic heterocycles. The second kappa shape index (κ2) is 5.81. The van der Waals surface area contributed by atoms with Crippen molar-refractivity contribution in [3.8, 4) is 0 Å². The lowest BCUT2D eigenvalue weighted by Crippen LogP contribution is -2.33. The Bertz CT molecular complexity index is 521. The summed E-state index contributed by atoms with van der Waals surface area (Å²) < 4.78 is 9.54. The van der Waals surface area contributed by atoms with Crippen molar-refractivity contribution in [1.29, 1.82) is 0 Å². The fourth-order valence-electron chi connectivity index (χ4n) is 2.46. The van der Waals surface area contributed by atoms with Gasteiger partial charge in [-0.15, -0.1) is 0 Å². The van der Waals surface area contributed by atoms with Crippen LogP contribution in [0.1, 0.15) is 43.0 Å². The third kappa shape index (κ3) is 3.47. The molecule has 116 valence electrons. The molecule has 0 spiro atoms. The fourth-order valence-corrected chi connectivity index (χ4v) is 3.17. The summed E-state index contributed by atoms with van der Waals surface area (Å²) in [5, 5.41) is 7.13. The molecule has 1 saturated heterocycles. The molecule has 7 heteroatoms. The average Bonchev–Trinajstić information content (AvgIpc) is 3.18. The Morgan fingerprint density at radius 1 is 1.48 bits per heavy atom. The third-order valence-electron chi connectivity index (χ3n) is 4.23. The van der Waals surface area contributed by atoms with Gasteiger partial charge in [-0.2, -0.15) is 4.37 Å². The number of ether oxygens (including phenoxy) is 1. The zero-order valence-corrected chi connectivity index (χ0v) is 13.1. The van der Waals surface area contributed by atoms with Crippen LogP contribution < -0.4 is 16.4 Å². The second-order valence-corrected chi connectivity index (χ2v) is 7.07. The molecule has 21 heavy (non-hydrogen) atoms. The molecule has 2 heterocycles. The lowest BCUT2D eigenvalue weighted by molar-refractivity contribution is 0.0300. The van der Waals surface area contributed by atoms with Gasteiger partial charge in [0, 0.05) is 25.8 Å². The van der Waals surface area contributed by atoms with Crippen LogP contribution in [0.25, 0.3) is 0 Å². The summed E-state index contributed by atoms with van der Waals surface area (Å²) in [6.45, 7) is 4.66. The molecule has 0 aromatic carbocycles. The summed E-state index contributed by atoms with van der Waals surface area (Å²) in [7, 11) is 0. The number of nitrogens with one attached hydrogen (secondary N) is 2. The van der Waals surface area contributed by atoms with E-state index in [1.807, 2.05) is 0 Å². The predicted octanol–water partition coefficient (Wildman–Crippen LogP) is 1.85. The average molecular weight is 310 g/mol. The van der Waals surface area contributed by atoms with E-state index in [2.05, 4.69) is 21.9 Å². The van der Waals surface area contributed by atoms with E-state index in [1.54, 1.807) is 0 Å². The van der Waals surface area contributed by atoms with E-state index in [0.29, 0.717) is 17.4 Å². The van der Waals surface area contributed by atoms with E-state index >= 15 is 0 Å². The van der Waals surface area contributed by atoms with Crippen LogP contribution >= 0.6 is 11.5 Å². The van der Waals surface area contributed by atoms with Crippen LogP contribution in [0.2, 0.25) is 0 Å². The van der Waals surface area contributed by atoms with Crippen LogP contribution in [-0.4, -0.2) is 36.1 Å². The lowest BCUT2D eigenvalue weighted by Gasteiger charge is -2.33. The monoisotopic (exact) mass is 310 g/mol. The molecule has 1 aliphatic carbocycles. The second-order valence-electron chi connectivity index (χ2n) is 6.30. The molecule has 1 aromatic heterocycles. The summed E-state index contributed by atoms with van der Waals surface area (Å²) in [5.41, 5.74) is 6.56. The number of anilines is 2. The first-order valence-electron chi connectivity index (χ1n) is 7.45. The molecule has 0 radical (unpaired) electrons. The van der Waals surface area contributed by atoms with E-state index in [1.165, 1.54) is 11.5 Å². The summed E-state index contributed by atoms with van der Waals surface area (Å²) >= 11 is 1.26. The Hall–Kier alpha value is -1.34. The first-order valence-corrected chi connectivity index (χ1v) is 8.22. The first kappa shape index (κ1) is 14.6. The minimum absolute atomic E-state index is 0.108. The van der Waals surface area contributed by atoms with E-state index in [9.17, 15) is 4.79 Å². The van der Waals surface area contributed by atoms with Crippen molar-refractivity contribution in [1.82, 2.24) is 9.69 Å². The molecule has 0 atom stereocenters. The summed E-state index contributed by atoms with van der Waals surface area (Å²) in [6.07, 6.45) is 4.17. The number of rotatable bonds is 5. The molecule has 1 saturated carbocycles. The number of carbonyl (C=O) groups excluding carboxylic acids is 1. The van der Waals surface area contributed by atoms with E-state index in [4.69, 9.17) is 10.5 Å². The van der Waals surface area contributed by atoms with Crippen molar-refractivity contribution < 1.29 is 9.53 Å². The molecule has 2 aliphatic rings. The Balaban J connectivity index is 1.66. The van der Waals surface area contributed by atoms with Gasteiger partial charge in [0.15, 0.2) is 5.82 Å². The molecule has 0 unspecified atom stereocenters. The SMILES string of the molecule is CC1(CNc2snc(N)c2C(=O)NC2CC2)CCOCC1. The third-order valence-corrected chi connectivity index (χ3v) is 5.05.